The van der Waals surface area contributed by atoms with Gasteiger partial charge in [-0.15, -0.1) is 0 Å². The van der Waals surface area contributed by atoms with Crippen LogP contribution in [0.3, 0.4) is 0 Å². The number of pyridine rings is 1. The highest BCUT2D eigenvalue weighted by Gasteiger charge is 2.21. The van der Waals surface area contributed by atoms with E-state index in [1.165, 1.54) is 21.7 Å². The van der Waals surface area contributed by atoms with Gasteiger partial charge >= 0.3 is 0 Å². The van der Waals surface area contributed by atoms with Crippen molar-refractivity contribution < 1.29 is 0 Å². The van der Waals surface area contributed by atoms with Gasteiger partial charge in [0.2, 0.25) is 0 Å². The van der Waals surface area contributed by atoms with Gasteiger partial charge in [0.05, 0.1) is 22.2 Å². The van der Waals surface area contributed by atoms with Gasteiger partial charge in [-0.25, -0.2) is 19.9 Å². The van der Waals surface area contributed by atoms with Crippen LogP contribution in [0.1, 0.15) is 0 Å². The summed E-state index contributed by atoms with van der Waals surface area (Å²) in [5.74, 6) is 1.92. The molecule has 0 spiro atoms. The van der Waals surface area contributed by atoms with Gasteiger partial charge in [0.1, 0.15) is 0 Å². The van der Waals surface area contributed by atoms with Crippen molar-refractivity contribution in [1.82, 2.24) is 24.5 Å². The molecule has 0 aliphatic heterocycles. The van der Waals surface area contributed by atoms with Crippen LogP contribution in [0.2, 0.25) is 0 Å². The number of fused-ring (bicyclic) bond motifs is 6. The summed E-state index contributed by atoms with van der Waals surface area (Å²) in [4.78, 5) is 20.3. The molecule has 5 heteroatoms. The Morgan fingerprint density at radius 1 is 0.317 bits per heavy atom. The van der Waals surface area contributed by atoms with E-state index < -0.39 is 0 Å². The highest BCUT2D eigenvalue weighted by atomic mass is 15.0. The quantitative estimate of drug-likeness (QED) is 0.161. The monoisotopic (exact) mass is 803 g/mol. The first-order chi connectivity index (χ1) is 31.2. The third kappa shape index (κ3) is 6.34. The van der Waals surface area contributed by atoms with Crippen LogP contribution >= 0.6 is 0 Å². The van der Waals surface area contributed by atoms with E-state index in [2.05, 4.69) is 168 Å². The summed E-state index contributed by atoms with van der Waals surface area (Å²) in [5, 5.41) is 5.84. The molecule has 0 aliphatic carbocycles. The van der Waals surface area contributed by atoms with Crippen molar-refractivity contribution in [3.63, 3.8) is 0 Å². The molecule has 0 saturated carbocycles. The Morgan fingerprint density at radius 2 is 0.810 bits per heavy atom. The number of aromatic nitrogens is 5. The topological polar surface area (TPSA) is 56.5 Å². The van der Waals surface area contributed by atoms with Crippen LogP contribution in [0.4, 0.5) is 0 Å². The predicted molar refractivity (Wildman–Crippen MR) is 260 cm³/mol. The Kier molecular flexibility index (Phi) is 8.75. The first kappa shape index (κ1) is 36.3. The van der Waals surface area contributed by atoms with Crippen molar-refractivity contribution in [2.75, 3.05) is 0 Å². The number of rotatable bonds is 7. The molecule has 0 bridgehead atoms. The SMILES string of the molecule is c1ccc(-c2nc(-c3ccccc3)nc(-c3ccc(-c4c(-c5ccc(-c6nc7ccccc7c7c6c6ccccc6n7-c6ccccc6)cc5)ccc5ccccc45)cc3)n2)cc1. The molecule has 294 valence electrons. The molecular formula is C58H37N5. The minimum atomic E-state index is 0.631. The van der Waals surface area contributed by atoms with E-state index in [-0.39, 0.29) is 0 Å². The summed E-state index contributed by atoms with van der Waals surface area (Å²) < 4.78 is 2.39. The summed E-state index contributed by atoms with van der Waals surface area (Å²) in [5.41, 5.74) is 13.8. The van der Waals surface area contributed by atoms with E-state index in [0.29, 0.717) is 17.5 Å². The third-order valence-corrected chi connectivity index (χ3v) is 12.0. The molecule has 0 unspecified atom stereocenters. The zero-order valence-electron chi connectivity index (χ0n) is 34.1. The number of nitrogens with zero attached hydrogens (tertiary/aromatic N) is 5. The number of para-hydroxylation sites is 3. The van der Waals surface area contributed by atoms with Crippen LogP contribution in [-0.4, -0.2) is 24.5 Å². The maximum Gasteiger partial charge on any atom is 0.164 e. The second-order valence-electron chi connectivity index (χ2n) is 15.8. The molecule has 0 saturated heterocycles. The molecule has 63 heavy (non-hydrogen) atoms. The van der Waals surface area contributed by atoms with Crippen LogP contribution in [0.15, 0.2) is 224 Å². The molecule has 0 atom stereocenters. The van der Waals surface area contributed by atoms with Crippen LogP contribution in [0.5, 0.6) is 0 Å². The molecule has 0 fully saturated rings. The molecule has 5 nitrogen and oxygen atoms in total. The van der Waals surface area contributed by atoms with Crippen molar-refractivity contribution in [3.8, 4) is 73.4 Å². The van der Waals surface area contributed by atoms with E-state index in [1.807, 2.05) is 60.7 Å². The van der Waals surface area contributed by atoms with Crippen LogP contribution in [0.25, 0.3) is 117 Å². The highest BCUT2D eigenvalue weighted by molar-refractivity contribution is 6.22. The fraction of sp³-hybridized carbons (Fsp3) is 0. The second-order valence-corrected chi connectivity index (χ2v) is 15.8. The number of hydrogen-bond acceptors (Lipinski definition) is 4. The molecule has 9 aromatic carbocycles. The number of benzene rings is 9. The number of hydrogen-bond donors (Lipinski definition) is 0. The minimum Gasteiger partial charge on any atom is -0.308 e. The van der Waals surface area contributed by atoms with Crippen molar-refractivity contribution in [1.29, 1.82) is 0 Å². The summed E-state index contributed by atoms with van der Waals surface area (Å²) in [6.07, 6.45) is 0. The molecular weight excluding hydrogens is 767 g/mol. The standard InChI is InChI=1S/C58H37N5/c1-4-17-42(18-5-1)56-60-57(43-19-6-2-7-20-43)62-58(61-56)44-34-30-40(31-35-44)52-46-23-11-10-16-38(46)36-37-47(52)39-28-32-41(33-29-39)54-53-49-25-13-15-27-51(49)63(45-21-8-3-9-22-45)55(53)48-24-12-14-26-50(48)59-54/h1-37H. The van der Waals surface area contributed by atoms with Crippen molar-refractivity contribution in [2.45, 2.75) is 0 Å². The van der Waals surface area contributed by atoms with Gasteiger partial charge in [-0.1, -0.05) is 200 Å². The van der Waals surface area contributed by atoms with E-state index in [0.717, 1.165) is 77.6 Å². The van der Waals surface area contributed by atoms with Crippen LogP contribution < -0.4 is 0 Å². The summed E-state index contributed by atoms with van der Waals surface area (Å²) in [6.45, 7) is 0. The minimum absolute atomic E-state index is 0.631. The van der Waals surface area contributed by atoms with Gasteiger partial charge in [-0.3, -0.25) is 0 Å². The summed E-state index contributed by atoms with van der Waals surface area (Å²) in [7, 11) is 0. The molecule has 0 aliphatic rings. The van der Waals surface area contributed by atoms with E-state index >= 15 is 0 Å². The smallest absolute Gasteiger partial charge is 0.164 e. The van der Waals surface area contributed by atoms with E-state index in [1.54, 1.807) is 0 Å². The third-order valence-electron chi connectivity index (χ3n) is 12.0. The molecule has 3 heterocycles. The van der Waals surface area contributed by atoms with Crippen molar-refractivity contribution in [3.05, 3.63) is 224 Å². The van der Waals surface area contributed by atoms with Gasteiger partial charge < -0.3 is 4.57 Å². The van der Waals surface area contributed by atoms with E-state index in [4.69, 9.17) is 19.9 Å². The molecule has 0 N–H and O–H groups in total. The predicted octanol–water partition coefficient (Wildman–Crippen LogP) is 14.7. The van der Waals surface area contributed by atoms with Crippen LogP contribution in [-0.2, 0) is 0 Å². The fourth-order valence-electron chi connectivity index (χ4n) is 9.09. The van der Waals surface area contributed by atoms with Gasteiger partial charge in [-0.05, 0) is 57.3 Å². The maximum absolute atomic E-state index is 5.39. The fourth-order valence-corrected chi connectivity index (χ4v) is 9.09. The molecule has 12 aromatic rings. The largest absolute Gasteiger partial charge is 0.308 e. The Morgan fingerprint density at radius 3 is 1.48 bits per heavy atom. The lowest BCUT2D eigenvalue weighted by molar-refractivity contribution is 1.07. The summed E-state index contributed by atoms with van der Waals surface area (Å²) in [6, 6.07) is 78.7. The zero-order valence-corrected chi connectivity index (χ0v) is 34.1. The second kappa shape index (κ2) is 15.2. The van der Waals surface area contributed by atoms with Gasteiger partial charge in [-0.2, -0.15) is 0 Å². The molecule has 3 aromatic heterocycles. The Balaban J connectivity index is 0.981. The van der Waals surface area contributed by atoms with Crippen LogP contribution in [0, 0.1) is 0 Å². The molecule has 0 amide bonds. The zero-order chi connectivity index (χ0) is 41.7. The molecule has 12 rings (SSSR count). The van der Waals surface area contributed by atoms with Gasteiger partial charge in [0.25, 0.3) is 0 Å². The normalized spacial score (nSPS) is 11.5. The maximum atomic E-state index is 5.39. The Hall–Kier alpha value is -8.54. The first-order valence-electron chi connectivity index (χ1n) is 21.2. The lowest BCUT2D eigenvalue weighted by Crippen LogP contribution is -2.00. The molecule has 0 radical (unpaired) electrons. The average Bonchev–Trinajstić information content (AvgIpc) is 3.72. The Labute approximate surface area is 364 Å². The lowest BCUT2D eigenvalue weighted by atomic mass is 9.89. The lowest BCUT2D eigenvalue weighted by Gasteiger charge is -2.16. The summed E-state index contributed by atoms with van der Waals surface area (Å²) >= 11 is 0. The van der Waals surface area contributed by atoms with Crippen molar-refractivity contribution >= 4 is 43.5 Å². The van der Waals surface area contributed by atoms with Gasteiger partial charge in [0, 0.05) is 44.1 Å². The van der Waals surface area contributed by atoms with E-state index in [9.17, 15) is 0 Å². The average molecular weight is 804 g/mol. The first-order valence-corrected chi connectivity index (χ1v) is 21.2. The van der Waals surface area contributed by atoms with Crippen molar-refractivity contribution in [2.24, 2.45) is 0 Å². The Bertz CT molecular complexity index is 3580. The highest BCUT2D eigenvalue weighted by Crippen LogP contribution is 2.43. The van der Waals surface area contributed by atoms with Gasteiger partial charge in [0.15, 0.2) is 17.5 Å².